The molecule has 0 aliphatic carbocycles. The topological polar surface area (TPSA) is 54.6 Å². The van der Waals surface area contributed by atoms with Crippen LogP contribution in [0.1, 0.15) is 17.3 Å². The van der Waals surface area contributed by atoms with Crippen LogP contribution >= 0.6 is 12.2 Å². The van der Waals surface area contributed by atoms with Crippen molar-refractivity contribution >= 4 is 24.0 Å². The van der Waals surface area contributed by atoms with Crippen LogP contribution in [0.25, 0.3) is 11.1 Å². The Hall–Kier alpha value is -2.18. The predicted octanol–water partition coefficient (Wildman–Crippen LogP) is 3.42. The van der Waals surface area contributed by atoms with Crippen LogP contribution in [-0.2, 0) is 9.47 Å². The van der Waals surface area contributed by atoms with E-state index in [-0.39, 0.29) is 0 Å². The molecule has 0 atom stereocenters. The molecular weight excluding hydrogens is 324 g/mol. The van der Waals surface area contributed by atoms with Gasteiger partial charge in [-0.2, -0.15) is 0 Å². The number of morpholine rings is 1. The maximum Gasteiger partial charge on any atom is 0.341 e. The van der Waals surface area contributed by atoms with E-state index in [9.17, 15) is 4.79 Å². The van der Waals surface area contributed by atoms with Gasteiger partial charge in [-0.25, -0.2) is 4.79 Å². The number of H-pyrrole nitrogens is 1. The first-order valence-corrected chi connectivity index (χ1v) is 8.44. The van der Waals surface area contributed by atoms with Crippen molar-refractivity contribution < 1.29 is 14.3 Å². The van der Waals surface area contributed by atoms with Gasteiger partial charge in [0.2, 0.25) is 0 Å². The zero-order valence-electron chi connectivity index (χ0n) is 13.6. The third-order valence-corrected chi connectivity index (χ3v) is 4.24. The lowest BCUT2D eigenvalue weighted by molar-refractivity contribution is 0.0526. The number of ether oxygens (including phenoxy) is 2. The number of pyridine rings is 1. The maximum atomic E-state index is 12.4. The van der Waals surface area contributed by atoms with Crippen LogP contribution in [0.15, 0.2) is 36.4 Å². The van der Waals surface area contributed by atoms with Gasteiger partial charge in [0.25, 0.3) is 0 Å². The van der Waals surface area contributed by atoms with Gasteiger partial charge in [-0.15, -0.1) is 0 Å². The second-order valence-corrected chi connectivity index (χ2v) is 5.87. The van der Waals surface area contributed by atoms with E-state index < -0.39 is 5.97 Å². The number of carbonyl (C=O) groups excluding carboxylic acids is 1. The van der Waals surface area contributed by atoms with Crippen LogP contribution in [0, 0.1) is 4.64 Å². The predicted molar refractivity (Wildman–Crippen MR) is 96.1 cm³/mol. The molecule has 0 unspecified atom stereocenters. The highest BCUT2D eigenvalue weighted by atomic mass is 32.1. The highest BCUT2D eigenvalue weighted by Crippen LogP contribution is 2.29. The van der Waals surface area contributed by atoms with Gasteiger partial charge in [-0.1, -0.05) is 42.5 Å². The number of rotatable bonds is 4. The van der Waals surface area contributed by atoms with E-state index in [1.807, 2.05) is 36.4 Å². The van der Waals surface area contributed by atoms with Crippen LogP contribution in [0.5, 0.6) is 0 Å². The second kappa shape index (κ2) is 7.59. The lowest BCUT2D eigenvalue weighted by Crippen LogP contribution is -2.36. The molecule has 126 valence electrons. The van der Waals surface area contributed by atoms with E-state index >= 15 is 0 Å². The molecular formula is C18H20N2O3S. The summed E-state index contributed by atoms with van der Waals surface area (Å²) in [4.78, 5) is 17.8. The minimum absolute atomic E-state index is 0.313. The van der Waals surface area contributed by atoms with Crippen molar-refractivity contribution in [1.82, 2.24) is 4.98 Å². The molecule has 1 aliphatic rings. The number of esters is 1. The van der Waals surface area contributed by atoms with Crippen molar-refractivity contribution in [2.75, 3.05) is 37.8 Å². The Morgan fingerprint density at radius 1 is 1.29 bits per heavy atom. The van der Waals surface area contributed by atoms with Crippen molar-refractivity contribution in [2.24, 2.45) is 0 Å². The minimum Gasteiger partial charge on any atom is -0.462 e. The van der Waals surface area contributed by atoms with Gasteiger partial charge in [0.15, 0.2) is 0 Å². The molecule has 24 heavy (non-hydrogen) atoms. The van der Waals surface area contributed by atoms with Gasteiger partial charge in [0, 0.05) is 18.7 Å². The molecule has 2 heterocycles. The maximum absolute atomic E-state index is 12.4. The molecule has 0 bridgehead atoms. The number of anilines is 1. The van der Waals surface area contributed by atoms with Crippen molar-refractivity contribution in [3.8, 4) is 11.1 Å². The number of aromatic nitrogens is 1. The van der Waals surface area contributed by atoms with Gasteiger partial charge in [0.1, 0.15) is 16.0 Å². The first kappa shape index (κ1) is 16.7. The Kier molecular flexibility index (Phi) is 5.27. The van der Waals surface area contributed by atoms with Crippen molar-refractivity contribution in [3.05, 3.63) is 46.6 Å². The van der Waals surface area contributed by atoms with Gasteiger partial charge in [-0.3, -0.25) is 0 Å². The highest BCUT2D eigenvalue weighted by molar-refractivity contribution is 7.71. The molecule has 0 amide bonds. The fourth-order valence-corrected chi connectivity index (χ4v) is 3.07. The first-order chi connectivity index (χ1) is 11.7. The zero-order chi connectivity index (χ0) is 16.9. The zero-order valence-corrected chi connectivity index (χ0v) is 14.4. The largest absolute Gasteiger partial charge is 0.462 e. The van der Waals surface area contributed by atoms with Crippen molar-refractivity contribution in [3.63, 3.8) is 0 Å². The van der Waals surface area contributed by atoms with Crippen LogP contribution < -0.4 is 4.90 Å². The second-order valence-electron chi connectivity index (χ2n) is 5.46. The Morgan fingerprint density at radius 2 is 2.00 bits per heavy atom. The fourth-order valence-electron chi connectivity index (χ4n) is 2.77. The number of carbonyl (C=O) groups is 1. The summed E-state index contributed by atoms with van der Waals surface area (Å²) >= 11 is 5.47. The standard InChI is InChI=1S/C18H20N2O3S/c1-2-23-18(21)16-14(13-6-4-3-5-7-13)12-15(19-17(16)24)20-8-10-22-11-9-20/h3-7,12H,2,8-11H2,1H3,(H,19,24). The molecule has 0 spiro atoms. The van der Waals surface area contributed by atoms with Crippen LogP contribution in [0.4, 0.5) is 5.82 Å². The summed E-state index contributed by atoms with van der Waals surface area (Å²) in [5.41, 5.74) is 2.14. The van der Waals surface area contributed by atoms with Crippen molar-refractivity contribution in [1.29, 1.82) is 0 Å². The number of hydrogen-bond acceptors (Lipinski definition) is 5. The van der Waals surface area contributed by atoms with Gasteiger partial charge < -0.3 is 19.4 Å². The lowest BCUT2D eigenvalue weighted by Gasteiger charge is -2.29. The normalized spacial score (nSPS) is 14.5. The summed E-state index contributed by atoms with van der Waals surface area (Å²) in [7, 11) is 0. The molecule has 1 aromatic carbocycles. The number of hydrogen-bond donors (Lipinski definition) is 1. The SMILES string of the molecule is CCOC(=O)c1c(-c2ccccc2)cc(N2CCOCC2)[nH]c1=S. The number of benzene rings is 1. The quantitative estimate of drug-likeness (QED) is 0.680. The Bertz CT molecular complexity index is 768. The average molecular weight is 344 g/mol. The molecule has 6 heteroatoms. The van der Waals surface area contributed by atoms with E-state index in [0.29, 0.717) is 30.0 Å². The summed E-state index contributed by atoms with van der Waals surface area (Å²) in [5, 5.41) is 0. The first-order valence-electron chi connectivity index (χ1n) is 8.03. The number of aromatic amines is 1. The monoisotopic (exact) mass is 344 g/mol. The summed E-state index contributed by atoms with van der Waals surface area (Å²) in [5.74, 6) is 0.501. The molecule has 0 radical (unpaired) electrons. The lowest BCUT2D eigenvalue weighted by atomic mass is 10.0. The average Bonchev–Trinajstić information content (AvgIpc) is 2.62. The van der Waals surface area contributed by atoms with Gasteiger partial charge in [0.05, 0.1) is 19.8 Å². The Morgan fingerprint density at radius 3 is 2.67 bits per heavy atom. The number of nitrogens with one attached hydrogen (secondary N) is 1. The van der Waals surface area contributed by atoms with Gasteiger partial charge >= 0.3 is 5.97 Å². The fraction of sp³-hybridized carbons (Fsp3) is 0.333. The molecule has 2 aromatic rings. The third-order valence-electron chi connectivity index (χ3n) is 3.94. The van der Waals surface area contributed by atoms with E-state index in [0.717, 1.165) is 30.0 Å². The summed E-state index contributed by atoms with van der Waals surface area (Å²) < 4.78 is 11.0. The van der Waals surface area contributed by atoms with Crippen molar-refractivity contribution in [2.45, 2.75) is 6.92 Å². The van der Waals surface area contributed by atoms with E-state index in [1.165, 1.54) is 0 Å². The van der Waals surface area contributed by atoms with E-state index in [2.05, 4.69) is 9.88 Å². The Balaban J connectivity index is 2.12. The molecule has 5 nitrogen and oxygen atoms in total. The molecule has 1 fully saturated rings. The van der Waals surface area contributed by atoms with Crippen LogP contribution in [0.3, 0.4) is 0 Å². The number of nitrogens with zero attached hydrogens (tertiary/aromatic N) is 1. The van der Waals surface area contributed by atoms with Crippen LogP contribution in [0.2, 0.25) is 0 Å². The highest BCUT2D eigenvalue weighted by Gasteiger charge is 2.20. The Labute approximate surface area is 146 Å². The van der Waals surface area contributed by atoms with Crippen LogP contribution in [-0.4, -0.2) is 43.9 Å². The molecule has 0 saturated carbocycles. The molecule has 1 saturated heterocycles. The molecule has 3 rings (SSSR count). The smallest absolute Gasteiger partial charge is 0.341 e. The van der Waals surface area contributed by atoms with E-state index in [4.69, 9.17) is 21.7 Å². The molecule has 1 aromatic heterocycles. The minimum atomic E-state index is -0.397. The van der Waals surface area contributed by atoms with E-state index in [1.54, 1.807) is 6.92 Å². The molecule has 1 N–H and O–H groups in total. The summed E-state index contributed by atoms with van der Waals surface area (Å²) in [6, 6.07) is 11.7. The summed E-state index contributed by atoms with van der Waals surface area (Å²) in [6.45, 7) is 5.04. The third kappa shape index (κ3) is 3.49. The van der Waals surface area contributed by atoms with Gasteiger partial charge in [-0.05, 0) is 18.6 Å². The molecule has 1 aliphatic heterocycles. The summed E-state index contributed by atoms with van der Waals surface area (Å²) in [6.07, 6.45) is 0.